The van der Waals surface area contributed by atoms with Gasteiger partial charge in [-0.25, -0.2) is 8.78 Å². The van der Waals surface area contributed by atoms with Crippen LogP contribution < -0.4 is 5.32 Å². The van der Waals surface area contributed by atoms with Gasteiger partial charge in [-0.3, -0.25) is 0 Å². The summed E-state index contributed by atoms with van der Waals surface area (Å²) in [5.41, 5.74) is 4.22. The van der Waals surface area contributed by atoms with Crippen molar-refractivity contribution >= 4 is 22.0 Å². The minimum Gasteiger partial charge on any atom is -0.363 e. The molecule has 1 N–H and O–H groups in total. The molecule has 0 saturated carbocycles. The predicted molar refractivity (Wildman–Crippen MR) is 92.0 cm³/mol. The Bertz CT molecular complexity index is 963. The number of benzene rings is 2. The summed E-state index contributed by atoms with van der Waals surface area (Å²) in [7, 11) is 1.80. The Kier molecular flexibility index (Phi) is 3.61. The second-order valence-electron chi connectivity index (χ2n) is 5.48. The average molecular weight is 341 g/mol. The molecule has 0 spiro atoms. The molecule has 3 nitrogen and oxygen atoms in total. The largest absolute Gasteiger partial charge is 0.363 e. The summed E-state index contributed by atoms with van der Waals surface area (Å²) in [5.74, 6) is -1.12. The average Bonchev–Trinajstić information content (AvgIpc) is 3.21. The van der Waals surface area contributed by atoms with Crippen molar-refractivity contribution in [3.8, 4) is 10.6 Å². The van der Waals surface area contributed by atoms with Crippen LogP contribution >= 0.6 is 11.3 Å². The van der Waals surface area contributed by atoms with Gasteiger partial charge in [-0.05, 0) is 41.3 Å². The molecule has 3 aromatic rings. The Morgan fingerprint density at radius 2 is 1.92 bits per heavy atom. The molecule has 0 fully saturated rings. The van der Waals surface area contributed by atoms with Crippen LogP contribution in [0, 0.1) is 11.6 Å². The van der Waals surface area contributed by atoms with Crippen LogP contribution in [0.25, 0.3) is 16.1 Å². The van der Waals surface area contributed by atoms with E-state index in [9.17, 15) is 8.78 Å². The molecule has 0 saturated heterocycles. The Balaban J connectivity index is 1.78. The zero-order chi connectivity index (χ0) is 16.7. The van der Waals surface area contributed by atoms with Crippen LogP contribution in [0.3, 0.4) is 0 Å². The van der Waals surface area contributed by atoms with Crippen molar-refractivity contribution in [3.05, 3.63) is 70.8 Å². The molecular weight excluding hydrogens is 328 g/mol. The van der Waals surface area contributed by atoms with Gasteiger partial charge in [0.1, 0.15) is 16.6 Å². The molecule has 1 aliphatic rings. The van der Waals surface area contributed by atoms with Gasteiger partial charge in [-0.15, -0.1) is 10.2 Å². The lowest BCUT2D eigenvalue weighted by Crippen LogP contribution is -1.93. The molecule has 1 aliphatic carbocycles. The minimum absolute atomic E-state index is 0.417. The lowest BCUT2D eigenvalue weighted by Gasteiger charge is -2.09. The topological polar surface area (TPSA) is 37.8 Å². The van der Waals surface area contributed by atoms with Crippen LogP contribution in [0.15, 0.2) is 42.5 Å². The van der Waals surface area contributed by atoms with Crippen molar-refractivity contribution in [1.82, 2.24) is 10.2 Å². The molecule has 2 aromatic carbocycles. The van der Waals surface area contributed by atoms with Crippen LogP contribution in [0.1, 0.15) is 16.7 Å². The molecule has 4 rings (SSSR count). The van der Waals surface area contributed by atoms with Gasteiger partial charge in [0.25, 0.3) is 0 Å². The molecule has 0 atom stereocenters. The molecule has 6 heteroatoms. The van der Waals surface area contributed by atoms with Crippen molar-refractivity contribution in [2.75, 3.05) is 12.4 Å². The fraction of sp³-hybridized carbons (Fsp3) is 0.111. The summed E-state index contributed by atoms with van der Waals surface area (Å²) < 4.78 is 27.3. The highest BCUT2D eigenvalue weighted by Crippen LogP contribution is 2.37. The van der Waals surface area contributed by atoms with E-state index in [1.165, 1.54) is 23.5 Å². The first kappa shape index (κ1) is 15.0. The summed E-state index contributed by atoms with van der Waals surface area (Å²) in [6, 6.07) is 9.71. The number of fused-ring (bicyclic) bond motifs is 1. The zero-order valence-corrected chi connectivity index (χ0v) is 13.6. The molecule has 1 heterocycles. The maximum Gasteiger partial charge on any atom is 0.205 e. The molecule has 120 valence electrons. The number of halogens is 2. The molecule has 0 amide bonds. The Morgan fingerprint density at radius 3 is 2.67 bits per heavy atom. The normalized spacial score (nSPS) is 12.9. The predicted octanol–water partition coefficient (Wildman–Crippen LogP) is 4.51. The van der Waals surface area contributed by atoms with Crippen molar-refractivity contribution < 1.29 is 8.78 Å². The number of nitrogens with zero attached hydrogens (tertiary/aromatic N) is 2. The maximum atomic E-state index is 14.2. The third-order valence-electron chi connectivity index (χ3n) is 4.03. The van der Waals surface area contributed by atoms with Crippen LogP contribution in [0.5, 0.6) is 0 Å². The molecule has 0 aliphatic heterocycles. The highest BCUT2D eigenvalue weighted by atomic mass is 32.1. The molecule has 24 heavy (non-hydrogen) atoms. The van der Waals surface area contributed by atoms with Crippen molar-refractivity contribution in [2.24, 2.45) is 0 Å². The summed E-state index contributed by atoms with van der Waals surface area (Å²) in [6.07, 6.45) is 2.71. The summed E-state index contributed by atoms with van der Waals surface area (Å²) in [5, 5.41) is 12.7. The molecule has 0 unspecified atom stereocenters. The monoisotopic (exact) mass is 341 g/mol. The van der Waals surface area contributed by atoms with Crippen LogP contribution in [-0.2, 0) is 6.42 Å². The summed E-state index contributed by atoms with van der Waals surface area (Å²) >= 11 is 1.46. The van der Waals surface area contributed by atoms with E-state index in [2.05, 4.69) is 15.5 Å². The van der Waals surface area contributed by atoms with Gasteiger partial charge in [-0.2, -0.15) is 0 Å². The summed E-state index contributed by atoms with van der Waals surface area (Å²) in [6.45, 7) is 0. The highest BCUT2D eigenvalue weighted by molar-refractivity contribution is 7.18. The zero-order valence-electron chi connectivity index (χ0n) is 12.8. The van der Waals surface area contributed by atoms with Crippen LogP contribution in [0.4, 0.5) is 13.9 Å². The van der Waals surface area contributed by atoms with Gasteiger partial charge in [0.05, 0.1) is 0 Å². The standard InChI is InChI=1S/C18H13F2N3S/c1-21-18-23-22-17(24-18)11-3-2-10-4-6-13(15(10)8-11)14-7-5-12(19)9-16(14)20/h2-3,5-9H,4H2,1H3,(H,21,23). The first-order chi connectivity index (χ1) is 11.7. The lowest BCUT2D eigenvalue weighted by atomic mass is 9.97. The van der Waals surface area contributed by atoms with Crippen LogP contribution in [-0.4, -0.2) is 17.2 Å². The van der Waals surface area contributed by atoms with E-state index in [4.69, 9.17) is 0 Å². The van der Waals surface area contributed by atoms with E-state index in [-0.39, 0.29) is 0 Å². The highest BCUT2D eigenvalue weighted by Gasteiger charge is 2.20. The second kappa shape index (κ2) is 5.79. The fourth-order valence-electron chi connectivity index (χ4n) is 2.86. The van der Waals surface area contributed by atoms with Gasteiger partial charge in [0.2, 0.25) is 5.13 Å². The van der Waals surface area contributed by atoms with Crippen molar-refractivity contribution in [3.63, 3.8) is 0 Å². The van der Waals surface area contributed by atoms with Crippen molar-refractivity contribution in [2.45, 2.75) is 6.42 Å². The molecular formula is C18H13F2N3S. The fourth-order valence-corrected chi connectivity index (χ4v) is 3.56. The second-order valence-corrected chi connectivity index (χ2v) is 6.46. The van der Waals surface area contributed by atoms with Gasteiger partial charge in [0.15, 0.2) is 0 Å². The third kappa shape index (κ3) is 2.49. The summed E-state index contributed by atoms with van der Waals surface area (Å²) in [4.78, 5) is 0. The van der Waals surface area contributed by atoms with E-state index >= 15 is 0 Å². The van der Waals surface area contributed by atoms with Crippen LogP contribution in [0.2, 0.25) is 0 Å². The van der Waals surface area contributed by atoms with E-state index in [0.717, 1.165) is 44.9 Å². The van der Waals surface area contributed by atoms with E-state index < -0.39 is 11.6 Å². The number of hydrogen-bond donors (Lipinski definition) is 1. The Hall–Kier alpha value is -2.60. The smallest absolute Gasteiger partial charge is 0.205 e. The number of rotatable bonds is 3. The molecule has 0 bridgehead atoms. The lowest BCUT2D eigenvalue weighted by molar-refractivity contribution is 0.581. The minimum atomic E-state index is -0.572. The van der Waals surface area contributed by atoms with Gasteiger partial charge < -0.3 is 5.32 Å². The molecule has 1 aromatic heterocycles. The Labute approximate surface area is 141 Å². The number of hydrogen-bond acceptors (Lipinski definition) is 4. The van der Waals surface area contributed by atoms with Gasteiger partial charge in [0, 0.05) is 24.2 Å². The number of anilines is 1. The molecule has 0 radical (unpaired) electrons. The van der Waals surface area contributed by atoms with E-state index in [1.54, 1.807) is 7.05 Å². The SMILES string of the molecule is CNc1nnc(-c2ccc3c(c2)C(c2ccc(F)cc2F)=CC3)s1. The van der Waals surface area contributed by atoms with Gasteiger partial charge >= 0.3 is 0 Å². The first-order valence-corrected chi connectivity index (χ1v) is 8.28. The van der Waals surface area contributed by atoms with E-state index in [0.29, 0.717) is 5.56 Å². The quantitative estimate of drug-likeness (QED) is 0.761. The van der Waals surface area contributed by atoms with E-state index in [1.807, 2.05) is 24.3 Å². The first-order valence-electron chi connectivity index (χ1n) is 7.46. The third-order valence-corrected chi connectivity index (χ3v) is 5.02. The van der Waals surface area contributed by atoms with Crippen molar-refractivity contribution in [1.29, 1.82) is 0 Å². The number of allylic oxidation sites excluding steroid dienone is 1. The number of nitrogens with one attached hydrogen (secondary N) is 1. The maximum absolute atomic E-state index is 14.2. The van der Waals surface area contributed by atoms with Gasteiger partial charge in [-0.1, -0.05) is 29.5 Å². The number of aromatic nitrogens is 2. The Morgan fingerprint density at radius 1 is 1.04 bits per heavy atom.